The molecule has 2 aromatic carbocycles. The summed E-state index contributed by atoms with van der Waals surface area (Å²) in [4.78, 5) is 26.4. The molecular formula is C20H22N2O3. The maximum atomic E-state index is 12.3. The van der Waals surface area contributed by atoms with Gasteiger partial charge in [0.05, 0.1) is 5.56 Å². The molecule has 1 aliphatic rings. The van der Waals surface area contributed by atoms with E-state index in [1.807, 2.05) is 24.0 Å². The first kappa shape index (κ1) is 17.0. The van der Waals surface area contributed by atoms with Gasteiger partial charge in [-0.1, -0.05) is 23.8 Å². The minimum Gasteiger partial charge on any atom is -0.507 e. The second-order valence-corrected chi connectivity index (χ2v) is 6.40. The quantitative estimate of drug-likeness (QED) is 0.900. The molecule has 0 saturated carbocycles. The van der Waals surface area contributed by atoms with Gasteiger partial charge in [-0.2, -0.15) is 0 Å². The molecule has 0 aliphatic carbocycles. The number of phenolic OH excluding ortho intramolecular Hbond substituents is 1. The third-order valence-corrected chi connectivity index (χ3v) is 4.44. The number of hydrogen-bond acceptors (Lipinski definition) is 3. The van der Waals surface area contributed by atoms with Gasteiger partial charge >= 0.3 is 0 Å². The number of nitrogens with one attached hydrogen (secondary N) is 1. The van der Waals surface area contributed by atoms with E-state index in [4.69, 9.17) is 0 Å². The van der Waals surface area contributed by atoms with Crippen LogP contribution in [0, 0.1) is 6.92 Å². The van der Waals surface area contributed by atoms with E-state index in [-0.39, 0.29) is 23.1 Å². The lowest BCUT2D eigenvalue weighted by atomic mass is 10.1. The molecule has 2 aromatic rings. The Morgan fingerprint density at radius 1 is 1.08 bits per heavy atom. The number of phenols is 1. The maximum Gasteiger partial charge on any atom is 0.255 e. The van der Waals surface area contributed by atoms with Crippen molar-refractivity contribution in [3.63, 3.8) is 0 Å². The first-order valence-corrected chi connectivity index (χ1v) is 8.50. The van der Waals surface area contributed by atoms with Crippen molar-refractivity contribution in [2.24, 2.45) is 0 Å². The topological polar surface area (TPSA) is 69.6 Å². The van der Waals surface area contributed by atoms with Crippen molar-refractivity contribution in [3.8, 4) is 5.75 Å². The molecule has 0 spiro atoms. The Hall–Kier alpha value is -2.82. The van der Waals surface area contributed by atoms with Crippen LogP contribution in [0.15, 0.2) is 42.5 Å². The molecule has 5 nitrogen and oxygen atoms in total. The van der Waals surface area contributed by atoms with E-state index in [9.17, 15) is 14.7 Å². The van der Waals surface area contributed by atoms with Crippen LogP contribution in [0.1, 0.15) is 44.7 Å². The van der Waals surface area contributed by atoms with Crippen LogP contribution in [-0.2, 0) is 6.54 Å². The van der Waals surface area contributed by atoms with Gasteiger partial charge in [0.1, 0.15) is 5.75 Å². The molecule has 25 heavy (non-hydrogen) atoms. The largest absolute Gasteiger partial charge is 0.507 e. The van der Waals surface area contributed by atoms with Crippen LogP contribution < -0.4 is 5.32 Å². The smallest absolute Gasteiger partial charge is 0.255 e. The van der Waals surface area contributed by atoms with E-state index >= 15 is 0 Å². The number of amides is 2. The fraction of sp³-hybridized carbons (Fsp3) is 0.300. The zero-order valence-electron chi connectivity index (χ0n) is 14.3. The molecule has 1 fully saturated rings. The summed E-state index contributed by atoms with van der Waals surface area (Å²) in [6.45, 7) is 3.87. The molecule has 1 saturated heterocycles. The lowest BCUT2D eigenvalue weighted by molar-refractivity contribution is 0.0792. The van der Waals surface area contributed by atoms with Crippen molar-refractivity contribution in [1.82, 2.24) is 10.2 Å². The molecule has 5 heteroatoms. The number of carbonyl (C=O) groups is 2. The van der Waals surface area contributed by atoms with E-state index in [1.165, 1.54) is 6.07 Å². The Bertz CT molecular complexity index is 778. The van der Waals surface area contributed by atoms with Crippen molar-refractivity contribution in [1.29, 1.82) is 0 Å². The molecule has 3 rings (SSSR count). The van der Waals surface area contributed by atoms with Gasteiger partial charge < -0.3 is 15.3 Å². The van der Waals surface area contributed by atoms with Gasteiger partial charge in [0, 0.05) is 25.2 Å². The third-order valence-electron chi connectivity index (χ3n) is 4.44. The van der Waals surface area contributed by atoms with E-state index in [1.54, 1.807) is 24.3 Å². The highest BCUT2D eigenvalue weighted by Gasteiger charge is 2.19. The van der Waals surface area contributed by atoms with E-state index < -0.39 is 0 Å². The lowest BCUT2D eigenvalue weighted by Gasteiger charge is -2.15. The summed E-state index contributed by atoms with van der Waals surface area (Å²) in [7, 11) is 0. The van der Waals surface area contributed by atoms with Crippen molar-refractivity contribution >= 4 is 11.8 Å². The predicted octanol–water partition coefficient (Wildman–Crippen LogP) is 2.87. The highest BCUT2D eigenvalue weighted by atomic mass is 16.3. The van der Waals surface area contributed by atoms with E-state index in [0.717, 1.165) is 37.1 Å². The fourth-order valence-corrected chi connectivity index (χ4v) is 2.98. The van der Waals surface area contributed by atoms with E-state index in [0.29, 0.717) is 12.1 Å². The van der Waals surface area contributed by atoms with Gasteiger partial charge in [0.15, 0.2) is 0 Å². The number of benzene rings is 2. The summed E-state index contributed by atoms with van der Waals surface area (Å²) in [6, 6.07) is 12.2. The summed E-state index contributed by atoms with van der Waals surface area (Å²) in [5.74, 6) is -0.286. The van der Waals surface area contributed by atoms with Crippen LogP contribution >= 0.6 is 0 Å². The van der Waals surface area contributed by atoms with Crippen LogP contribution in [0.2, 0.25) is 0 Å². The fourth-order valence-electron chi connectivity index (χ4n) is 2.98. The number of hydrogen-bond donors (Lipinski definition) is 2. The predicted molar refractivity (Wildman–Crippen MR) is 95.6 cm³/mol. The van der Waals surface area contributed by atoms with Gasteiger partial charge in [-0.3, -0.25) is 9.59 Å². The monoisotopic (exact) mass is 338 g/mol. The maximum absolute atomic E-state index is 12.3. The van der Waals surface area contributed by atoms with Gasteiger partial charge in [-0.25, -0.2) is 0 Å². The summed E-state index contributed by atoms with van der Waals surface area (Å²) in [5.41, 5.74) is 2.75. The molecule has 2 amide bonds. The SMILES string of the molecule is Cc1ccc(O)c(C(=O)NCc2ccc(C(=O)N3CCCC3)cc2)c1. The van der Waals surface area contributed by atoms with Crippen LogP contribution in [0.25, 0.3) is 0 Å². The van der Waals surface area contributed by atoms with Gasteiger partial charge in [0.25, 0.3) is 11.8 Å². The normalized spacial score (nSPS) is 13.7. The van der Waals surface area contributed by atoms with E-state index in [2.05, 4.69) is 5.32 Å². The molecule has 0 atom stereocenters. The molecule has 0 unspecified atom stereocenters. The molecule has 0 radical (unpaired) electrons. The third kappa shape index (κ3) is 3.99. The molecule has 0 aromatic heterocycles. The Kier molecular flexibility index (Phi) is 5.03. The lowest BCUT2D eigenvalue weighted by Crippen LogP contribution is -2.27. The zero-order valence-corrected chi connectivity index (χ0v) is 14.3. The number of aromatic hydroxyl groups is 1. The second kappa shape index (κ2) is 7.38. The van der Waals surface area contributed by atoms with Crippen molar-refractivity contribution < 1.29 is 14.7 Å². The number of likely N-dealkylation sites (tertiary alicyclic amines) is 1. The molecule has 1 aliphatic heterocycles. The van der Waals surface area contributed by atoms with Gasteiger partial charge in [-0.15, -0.1) is 0 Å². The average Bonchev–Trinajstić information content (AvgIpc) is 3.16. The minimum atomic E-state index is -0.321. The minimum absolute atomic E-state index is 0.0327. The Labute approximate surface area is 147 Å². The number of rotatable bonds is 4. The Morgan fingerprint density at radius 3 is 2.44 bits per heavy atom. The van der Waals surface area contributed by atoms with Crippen LogP contribution in [0.4, 0.5) is 0 Å². The summed E-state index contributed by atoms with van der Waals surface area (Å²) in [5, 5.41) is 12.6. The first-order valence-electron chi connectivity index (χ1n) is 8.50. The van der Waals surface area contributed by atoms with Gasteiger partial charge in [-0.05, 0) is 49.6 Å². The summed E-state index contributed by atoms with van der Waals surface area (Å²) < 4.78 is 0. The van der Waals surface area contributed by atoms with Crippen molar-refractivity contribution in [2.75, 3.05) is 13.1 Å². The Balaban J connectivity index is 1.61. The standard InChI is InChI=1S/C20H22N2O3/c1-14-4-9-18(23)17(12-14)19(24)21-13-15-5-7-16(8-6-15)20(25)22-10-2-3-11-22/h4-9,12,23H,2-3,10-11,13H2,1H3,(H,21,24). The average molecular weight is 338 g/mol. The summed E-state index contributed by atoms with van der Waals surface area (Å²) >= 11 is 0. The number of carbonyl (C=O) groups excluding carboxylic acids is 2. The van der Waals surface area contributed by atoms with Gasteiger partial charge in [0.2, 0.25) is 0 Å². The molecule has 1 heterocycles. The molecule has 0 bridgehead atoms. The molecular weight excluding hydrogens is 316 g/mol. The number of nitrogens with zero attached hydrogens (tertiary/aromatic N) is 1. The molecule has 2 N–H and O–H groups in total. The van der Waals surface area contributed by atoms with Crippen molar-refractivity contribution in [3.05, 3.63) is 64.7 Å². The highest BCUT2D eigenvalue weighted by molar-refractivity contribution is 5.97. The Morgan fingerprint density at radius 2 is 1.76 bits per heavy atom. The molecule has 130 valence electrons. The summed E-state index contributed by atoms with van der Waals surface area (Å²) in [6.07, 6.45) is 2.14. The zero-order chi connectivity index (χ0) is 17.8. The highest BCUT2D eigenvalue weighted by Crippen LogP contribution is 2.18. The van der Waals surface area contributed by atoms with Crippen LogP contribution in [0.5, 0.6) is 5.75 Å². The first-order chi connectivity index (χ1) is 12.0. The van der Waals surface area contributed by atoms with Crippen molar-refractivity contribution in [2.45, 2.75) is 26.3 Å². The van der Waals surface area contributed by atoms with Crippen LogP contribution in [0.3, 0.4) is 0 Å². The second-order valence-electron chi connectivity index (χ2n) is 6.40. The number of aryl methyl sites for hydroxylation is 1. The van der Waals surface area contributed by atoms with Crippen LogP contribution in [-0.4, -0.2) is 34.9 Å².